The molecule has 0 heterocycles. The van der Waals surface area contributed by atoms with E-state index in [0.717, 1.165) is 12.5 Å². The lowest BCUT2D eigenvalue weighted by atomic mass is 9.92. The first-order valence-corrected chi connectivity index (χ1v) is 8.05. The monoisotopic (exact) mass is 241 g/mol. The summed E-state index contributed by atoms with van der Waals surface area (Å²) in [5.41, 5.74) is 5.71. The van der Waals surface area contributed by atoms with Gasteiger partial charge in [0, 0.05) is 0 Å². The highest BCUT2D eigenvalue weighted by molar-refractivity contribution is 4.61. The van der Waals surface area contributed by atoms with Crippen molar-refractivity contribution in [2.75, 3.05) is 6.54 Å². The van der Waals surface area contributed by atoms with Gasteiger partial charge in [0.05, 0.1) is 0 Å². The van der Waals surface area contributed by atoms with Crippen molar-refractivity contribution in [3.63, 3.8) is 0 Å². The number of unbranched alkanes of at least 4 members (excludes halogenated alkanes) is 7. The van der Waals surface area contributed by atoms with Gasteiger partial charge in [-0.25, -0.2) is 0 Å². The van der Waals surface area contributed by atoms with E-state index in [0.29, 0.717) is 0 Å². The predicted molar refractivity (Wildman–Crippen MR) is 79.3 cm³/mol. The highest BCUT2D eigenvalue weighted by Crippen LogP contribution is 2.21. The SMILES string of the molecule is CCCCCCCC(CCN)CCCCCC. The largest absolute Gasteiger partial charge is 0.330 e. The summed E-state index contributed by atoms with van der Waals surface area (Å²) in [5.74, 6) is 0.915. The van der Waals surface area contributed by atoms with Crippen LogP contribution in [0.5, 0.6) is 0 Å². The van der Waals surface area contributed by atoms with Crippen molar-refractivity contribution in [2.45, 2.75) is 90.9 Å². The maximum absolute atomic E-state index is 5.71. The molecule has 2 N–H and O–H groups in total. The van der Waals surface area contributed by atoms with Gasteiger partial charge in [-0.1, -0.05) is 84.5 Å². The van der Waals surface area contributed by atoms with Crippen molar-refractivity contribution >= 4 is 0 Å². The highest BCUT2D eigenvalue weighted by atomic mass is 14.5. The Morgan fingerprint density at radius 3 is 1.59 bits per heavy atom. The molecule has 17 heavy (non-hydrogen) atoms. The summed E-state index contributed by atoms with van der Waals surface area (Å²) in [6.07, 6.45) is 16.8. The Balaban J connectivity index is 3.45. The van der Waals surface area contributed by atoms with Crippen molar-refractivity contribution < 1.29 is 0 Å². The normalized spacial score (nSPS) is 12.9. The quantitative estimate of drug-likeness (QED) is 0.436. The smallest absolute Gasteiger partial charge is 0.00746 e. The Morgan fingerprint density at radius 2 is 1.12 bits per heavy atom. The van der Waals surface area contributed by atoms with Crippen LogP contribution < -0.4 is 5.73 Å². The molecule has 0 aromatic rings. The van der Waals surface area contributed by atoms with Crippen molar-refractivity contribution in [1.29, 1.82) is 0 Å². The lowest BCUT2D eigenvalue weighted by Gasteiger charge is -2.15. The first-order chi connectivity index (χ1) is 8.35. The Morgan fingerprint density at radius 1 is 0.647 bits per heavy atom. The van der Waals surface area contributed by atoms with E-state index >= 15 is 0 Å². The lowest BCUT2D eigenvalue weighted by molar-refractivity contribution is 0.386. The fraction of sp³-hybridized carbons (Fsp3) is 1.00. The number of nitrogens with two attached hydrogens (primary N) is 1. The zero-order valence-corrected chi connectivity index (χ0v) is 12.3. The molecule has 0 saturated carbocycles. The van der Waals surface area contributed by atoms with Gasteiger partial charge in [-0.15, -0.1) is 0 Å². The Bertz CT molecular complexity index is 133. The zero-order valence-electron chi connectivity index (χ0n) is 12.3. The third-order valence-corrected chi connectivity index (χ3v) is 3.76. The van der Waals surface area contributed by atoms with Crippen LogP contribution in [0.15, 0.2) is 0 Å². The summed E-state index contributed by atoms with van der Waals surface area (Å²) < 4.78 is 0. The minimum atomic E-state index is 0.882. The van der Waals surface area contributed by atoms with E-state index in [1.807, 2.05) is 0 Å². The second-order valence-corrected chi connectivity index (χ2v) is 5.50. The molecule has 1 atom stereocenters. The Kier molecular flexibility index (Phi) is 14.0. The van der Waals surface area contributed by atoms with Crippen molar-refractivity contribution in [3.05, 3.63) is 0 Å². The van der Waals surface area contributed by atoms with E-state index in [9.17, 15) is 0 Å². The van der Waals surface area contributed by atoms with E-state index in [1.54, 1.807) is 0 Å². The summed E-state index contributed by atoms with van der Waals surface area (Å²) in [6, 6.07) is 0. The first-order valence-electron chi connectivity index (χ1n) is 8.05. The minimum Gasteiger partial charge on any atom is -0.330 e. The van der Waals surface area contributed by atoms with Crippen LogP contribution in [0.25, 0.3) is 0 Å². The fourth-order valence-electron chi connectivity index (χ4n) is 2.57. The van der Waals surface area contributed by atoms with E-state index in [-0.39, 0.29) is 0 Å². The first kappa shape index (κ1) is 17.0. The second kappa shape index (κ2) is 14.0. The topological polar surface area (TPSA) is 26.0 Å². The summed E-state index contributed by atoms with van der Waals surface area (Å²) >= 11 is 0. The van der Waals surface area contributed by atoms with Crippen LogP contribution in [0.3, 0.4) is 0 Å². The maximum atomic E-state index is 5.71. The van der Waals surface area contributed by atoms with Crippen LogP contribution >= 0.6 is 0 Å². The average Bonchev–Trinajstić information content (AvgIpc) is 2.34. The van der Waals surface area contributed by atoms with Crippen LogP contribution in [-0.4, -0.2) is 6.54 Å². The summed E-state index contributed by atoms with van der Waals surface area (Å²) in [7, 11) is 0. The molecule has 0 spiro atoms. The van der Waals surface area contributed by atoms with Crippen LogP contribution in [0.1, 0.15) is 90.9 Å². The third-order valence-electron chi connectivity index (χ3n) is 3.76. The van der Waals surface area contributed by atoms with Crippen molar-refractivity contribution in [3.8, 4) is 0 Å². The molecule has 0 bridgehead atoms. The molecule has 0 aromatic carbocycles. The van der Waals surface area contributed by atoms with Gasteiger partial charge in [0.15, 0.2) is 0 Å². The molecule has 0 saturated heterocycles. The van der Waals surface area contributed by atoms with Gasteiger partial charge < -0.3 is 5.73 Å². The number of rotatable bonds is 13. The molecule has 0 aliphatic rings. The van der Waals surface area contributed by atoms with E-state index in [4.69, 9.17) is 5.73 Å². The molecule has 0 amide bonds. The van der Waals surface area contributed by atoms with Gasteiger partial charge in [0.25, 0.3) is 0 Å². The summed E-state index contributed by atoms with van der Waals surface area (Å²) in [5, 5.41) is 0. The summed E-state index contributed by atoms with van der Waals surface area (Å²) in [4.78, 5) is 0. The minimum absolute atomic E-state index is 0.882. The van der Waals surface area contributed by atoms with Crippen LogP contribution in [0.4, 0.5) is 0 Å². The number of hydrogen-bond acceptors (Lipinski definition) is 1. The molecule has 1 nitrogen and oxygen atoms in total. The lowest BCUT2D eigenvalue weighted by Crippen LogP contribution is -2.09. The van der Waals surface area contributed by atoms with Gasteiger partial charge in [0.1, 0.15) is 0 Å². The molecular weight excluding hydrogens is 206 g/mol. The molecule has 1 heteroatoms. The van der Waals surface area contributed by atoms with Gasteiger partial charge in [-0.05, 0) is 18.9 Å². The summed E-state index contributed by atoms with van der Waals surface area (Å²) in [6.45, 7) is 5.45. The van der Waals surface area contributed by atoms with Gasteiger partial charge >= 0.3 is 0 Å². The molecular formula is C16H35N. The molecule has 0 rings (SSSR count). The van der Waals surface area contributed by atoms with E-state index in [1.165, 1.54) is 77.0 Å². The van der Waals surface area contributed by atoms with Gasteiger partial charge in [-0.2, -0.15) is 0 Å². The van der Waals surface area contributed by atoms with E-state index < -0.39 is 0 Å². The standard InChI is InChI=1S/C16H35N/c1-3-5-7-9-11-13-16(14-15-17)12-10-8-6-4-2/h16H,3-15,17H2,1-2H3. The van der Waals surface area contributed by atoms with Crippen molar-refractivity contribution in [2.24, 2.45) is 11.7 Å². The van der Waals surface area contributed by atoms with Crippen LogP contribution in [0, 0.1) is 5.92 Å². The van der Waals surface area contributed by atoms with Gasteiger partial charge in [-0.3, -0.25) is 0 Å². The fourth-order valence-corrected chi connectivity index (χ4v) is 2.57. The number of hydrogen-bond donors (Lipinski definition) is 1. The highest BCUT2D eigenvalue weighted by Gasteiger charge is 2.07. The molecule has 1 unspecified atom stereocenters. The molecule has 0 aromatic heterocycles. The Labute approximate surface area is 110 Å². The maximum Gasteiger partial charge on any atom is -0.00746 e. The molecule has 0 fully saturated rings. The second-order valence-electron chi connectivity index (χ2n) is 5.50. The average molecular weight is 241 g/mol. The van der Waals surface area contributed by atoms with Crippen molar-refractivity contribution in [1.82, 2.24) is 0 Å². The molecule has 0 radical (unpaired) electrons. The molecule has 0 aliphatic carbocycles. The molecule has 104 valence electrons. The van der Waals surface area contributed by atoms with Gasteiger partial charge in [0.2, 0.25) is 0 Å². The van der Waals surface area contributed by atoms with E-state index in [2.05, 4.69) is 13.8 Å². The zero-order chi connectivity index (χ0) is 12.8. The molecule has 0 aliphatic heterocycles. The Hall–Kier alpha value is -0.0400. The van der Waals surface area contributed by atoms with Crippen LogP contribution in [-0.2, 0) is 0 Å². The van der Waals surface area contributed by atoms with Crippen LogP contribution in [0.2, 0.25) is 0 Å². The predicted octanol–water partition coefficient (Wildman–Crippen LogP) is 5.28. The third kappa shape index (κ3) is 12.2.